The molecule has 0 unspecified atom stereocenters. The highest BCUT2D eigenvalue weighted by molar-refractivity contribution is 6.09. The van der Waals surface area contributed by atoms with Crippen molar-refractivity contribution < 1.29 is 13.9 Å². The zero-order chi connectivity index (χ0) is 32.2. The van der Waals surface area contributed by atoms with Crippen molar-refractivity contribution in [2.45, 2.75) is 19.6 Å². The summed E-state index contributed by atoms with van der Waals surface area (Å²) in [6.45, 7) is 3.90. The third-order valence-corrected chi connectivity index (χ3v) is 8.93. The minimum atomic E-state index is -0.890. The Morgan fingerprint density at radius 3 is 1.85 bits per heavy atom. The number of nitrogens with zero attached hydrogens (tertiary/aromatic N) is 2. The quantitative estimate of drug-likeness (QED) is 0.195. The van der Waals surface area contributed by atoms with Gasteiger partial charge >= 0.3 is 0 Å². The normalized spacial score (nSPS) is 13.3. The number of pyridine rings is 2. The van der Waals surface area contributed by atoms with Gasteiger partial charge in [-0.1, -0.05) is 60.7 Å². The van der Waals surface area contributed by atoms with Gasteiger partial charge in [0.2, 0.25) is 5.79 Å². The van der Waals surface area contributed by atoms with Crippen LogP contribution in [0.5, 0.6) is 11.5 Å². The fraction of sp³-hybridized carbons (Fsp3) is 0.0698. The molecule has 0 spiro atoms. The summed E-state index contributed by atoms with van der Waals surface area (Å²) in [4.78, 5) is 8.76. The predicted octanol–water partition coefficient (Wildman–Crippen LogP) is 11.2. The topological polar surface area (TPSA) is 57.4 Å². The minimum absolute atomic E-state index is 0.752. The first-order valence-electron chi connectivity index (χ1n) is 16.0. The van der Waals surface area contributed by atoms with Crippen LogP contribution in [-0.2, 0) is 0 Å². The SMILES string of the molecule is CC1(C)Oc2cc(-c3cccc4c3oc3ccccc34)ccc2-c2cc(-c3cc(-c4cccnc4)cc(-c4cccnc4)c3)ccc2O1. The summed E-state index contributed by atoms with van der Waals surface area (Å²) < 4.78 is 19.5. The van der Waals surface area contributed by atoms with Crippen LogP contribution < -0.4 is 9.47 Å². The summed E-state index contributed by atoms with van der Waals surface area (Å²) in [5, 5.41) is 2.20. The van der Waals surface area contributed by atoms with Crippen molar-refractivity contribution in [2.75, 3.05) is 0 Å². The Bertz CT molecular complexity index is 2430. The number of aromatic nitrogens is 2. The summed E-state index contributed by atoms with van der Waals surface area (Å²) in [6.07, 6.45) is 7.39. The van der Waals surface area contributed by atoms with Gasteiger partial charge in [0.1, 0.15) is 22.7 Å². The number of rotatable bonds is 4. The van der Waals surface area contributed by atoms with Crippen LogP contribution >= 0.6 is 0 Å². The molecule has 0 bridgehead atoms. The molecule has 5 aromatic carbocycles. The van der Waals surface area contributed by atoms with Crippen LogP contribution in [0.2, 0.25) is 0 Å². The van der Waals surface area contributed by atoms with Crippen LogP contribution in [0.25, 0.3) is 77.6 Å². The highest BCUT2D eigenvalue weighted by Gasteiger charge is 2.30. The lowest BCUT2D eigenvalue weighted by Crippen LogP contribution is -2.34. The molecule has 3 aromatic heterocycles. The first-order chi connectivity index (χ1) is 23.5. The zero-order valence-corrected chi connectivity index (χ0v) is 26.5. The fourth-order valence-electron chi connectivity index (χ4n) is 6.73. The molecule has 230 valence electrons. The van der Waals surface area contributed by atoms with Crippen LogP contribution in [0.15, 0.2) is 151 Å². The van der Waals surface area contributed by atoms with Crippen molar-refractivity contribution in [1.29, 1.82) is 0 Å². The summed E-state index contributed by atoms with van der Waals surface area (Å²) >= 11 is 0. The van der Waals surface area contributed by atoms with E-state index in [4.69, 9.17) is 13.9 Å². The Morgan fingerprint density at radius 2 is 1.12 bits per heavy atom. The molecule has 48 heavy (non-hydrogen) atoms. The van der Waals surface area contributed by atoms with Gasteiger partial charge in [-0.05, 0) is 88.5 Å². The molecule has 0 N–H and O–H groups in total. The molecule has 0 amide bonds. The van der Waals surface area contributed by atoms with Gasteiger partial charge in [0, 0.05) is 77.2 Å². The van der Waals surface area contributed by atoms with Crippen LogP contribution in [-0.4, -0.2) is 15.8 Å². The van der Waals surface area contributed by atoms with Gasteiger partial charge in [0.25, 0.3) is 0 Å². The van der Waals surface area contributed by atoms with E-state index in [0.717, 1.165) is 89.1 Å². The number of hydrogen-bond donors (Lipinski definition) is 0. The molecule has 0 saturated carbocycles. The molecular formula is C43H30N2O3. The molecule has 0 saturated heterocycles. The lowest BCUT2D eigenvalue weighted by molar-refractivity contribution is -0.0778. The first kappa shape index (κ1) is 28.1. The van der Waals surface area contributed by atoms with Gasteiger partial charge in [-0.2, -0.15) is 0 Å². The highest BCUT2D eigenvalue weighted by atomic mass is 16.7. The summed E-state index contributed by atoms with van der Waals surface area (Å²) in [6, 6.07) is 41.9. The second-order valence-electron chi connectivity index (χ2n) is 12.6. The number of ether oxygens (including phenoxy) is 2. The lowest BCUT2D eigenvalue weighted by atomic mass is 9.92. The van der Waals surface area contributed by atoms with Crippen molar-refractivity contribution in [3.8, 4) is 67.1 Å². The van der Waals surface area contributed by atoms with Gasteiger partial charge in [-0.25, -0.2) is 0 Å². The van der Waals surface area contributed by atoms with Gasteiger partial charge in [-0.3, -0.25) is 9.97 Å². The van der Waals surface area contributed by atoms with Gasteiger partial charge in [-0.15, -0.1) is 0 Å². The van der Waals surface area contributed by atoms with E-state index in [9.17, 15) is 0 Å². The maximum absolute atomic E-state index is 6.59. The van der Waals surface area contributed by atoms with Crippen molar-refractivity contribution in [3.63, 3.8) is 0 Å². The summed E-state index contributed by atoms with van der Waals surface area (Å²) in [5.74, 6) is 0.631. The third-order valence-electron chi connectivity index (χ3n) is 8.93. The molecule has 8 aromatic rings. The van der Waals surface area contributed by atoms with Gasteiger partial charge in [0.05, 0.1) is 0 Å². The van der Waals surface area contributed by atoms with Crippen molar-refractivity contribution in [3.05, 3.63) is 146 Å². The number of benzene rings is 5. The largest absolute Gasteiger partial charge is 0.455 e. The number of fused-ring (bicyclic) bond motifs is 6. The Balaban J connectivity index is 1.19. The van der Waals surface area contributed by atoms with E-state index in [2.05, 4.69) is 101 Å². The molecule has 0 radical (unpaired) electrons. The van der Waals surface area contributed by atoms with E-state index >= 15 is 0 Å². The smallest absolute Gasteiger partial charge is 0.245 e. The van der Waals surface area contributed by atoms with E-state index < -0.39 is 5.79 Å². The summed E-state index contributed by atoms with van der Waals surface area (Å²) in [5.41, 5.74) is 12.1. The third kappa shape index (κ3) is 4.88. The Labute approximate surface area is 278 Å². The van der Waals surface area contributed by atoms with Crippen molar-refractivity contribution >= 4 is 21.9 Å². The lowest BCUT2D eigenvalue weighted by Gasteiger charge is -2.25. The molecule has 0 fully saturated rings. The Morgan fingerprint density at radius 1 is 0.458 bits per heavy atom. The van der Waals surface area contributed by atoms with Crippen LogP contribution in [0.1, 0.15) is 13.8 Å². The molecule has 1 aliphatic heterocycles. The standard InChI is InChI=1S/C43H30N2O3/c1-43(2)47-40-17-15-27(31-20-32(29-8-6-18-44-25-29)22-33(21-31)30-9-7-19-45-26-30)23-38(40)36-16-14-28(24-41(36)48-43)34-11-5-12-37-35-10-3-4-13-39(35)46-42(34)37/h3-26H,1-2H3. The van der Waals surface area contributed by atoms with Gasteiger partial charge in [0.15, 0.2) is 0 Å². The van der Waals surface area contributed by atoms with Crippen LogP contribution in [0, 0.1) is 0 Å². The number of hydrogen-bond acceptors (Lipinski definition) is 5. The Kier molecular flexibility index (Phi) is 6.40. The van der Waals surface area contributed by atoms with E-state index in [1.165, 1.54) is 0 Å². The number of furan rings is 1. The monoisotopic (exact) mass is 622 g/mol. The van der Waals surface area contributed by atoms with E-state index in [1.807, 2.05) is 56.6 Å². The molecule has 0 atom stereocenters. The predicted molar refractivity (Wildman–Crippen MR) is 192 cm³/mol. The average Bonchev–Trinajstić information content (AvgIpc) is 3.46. The average molecular weight is 623 g/mol. The fourth-order valence-corrected chi connectivity index (χ4v) is 6.73. The van der Waals surface area contributed by atoms with E-state index in [0.29, 0.717) is 0 Å². The van der Waals surface area contributed by atoms with Crippen LogP contribution in [0.4, 0.5) is 0 Å². The molecule has 9 rings (SSSR count). The molecule has 4 heterocycles. The molecule has 1 aliphatic rings. The second-order valence-corrected chi connectivity index (χ2v) is 12.6. The van der Waals surface area contributed by atoms with Crippen LogP contribution in [0.3, 0.4) is 0 Å². The van der Waals surface area contributed by atoms with E-state index in [-0.39, 0.29) is 0 Å². The summed E-state index contributed by atoms with van der Waals surface area (Å²) in [7, 11) is 0. The second kappa shape index (κ2) is 11.0. The number of para-hydroxylation sites is 2. The zero-order valence-electron chi connectivity index (χ0n) is 26.5. The molecule has 5 heteroatoms. The molecule has 5 nitrogen and oxygen atoms in total. The van der Waals surface area contributed by atoms with Crippen molar-refractivity contribution in [1.82, 2.24) is 9.97 Å². The first-order valence-corrected chi connectivity index (χ1v) is 16.0. The van der Waals surface area contributed by atoms with Gasteiger partial charge < -0.3 is 13.9 Å². The van der Waals surface area contributed by atoms with E-state index in [1.54, 1.807) is 12.4 Å². The van der Waals surface area contributed by atoms with Crippen molar-refractivity contribution in [2.24, 2.45) is 0 Å². The Hall–Kier alpha value is -6.20. The minimum Gasteiger partial charge on any atom is -0.455 e. The highest BCUT2D eigenvalue weighted by Crippen LogP contribution is 2.47. The maximum Gasteiger partial charge on any atom is 0.245 e. The maximum atomic E-state index is 6.59. The molecular weight excluding hydrogens is 592 g/mol. The molecule has 0 aliphatic carbocycles.